The molecule has 2 aromatic carbocycles. The number of benzene rings is 2. The molecule has 2 rings (SSSR count). The van der Waals surface area contributed by atoms with Gasteiger partial charge in [-0.1, -0.05) is 31.7 Å². The molecule has 0 aliphatic rings. The van der Waals surface area contributed by atoms with Crippen LogP contribution in [0.15, 0.2) is 48.5 Å². The van der Waals surface area contributed by atoms with Crippen LogP contribution in [0.2, 0.25) is 0 Å². The Balaban J connectivity index is 0.00000392. The van der Waals surface area contributed by atoms with Gasteiger partial charge >= 0.3 is 5.97 Å². The predicted molar refractivity (Wildman–Crippen MR) is 102 cm³/mol. The summed E-state index contributed by atoms with van der Waals surface area (Å²) in [6.07, 6.45) is -0.190. The average molecular weight is 389 g/mol. The lowest BCUT2D eigenvalue weighted by molar-refractivity contribution is -0.315. The molecule has 0 bridgehead atoms. The molecule has 7 heteroatoms. The Morgan fingerprint density at radius 1 is 1.04 bits per heavy atom. The first-order chi connectivity index (χ1) is 13.0. The van der Waals surface area contributed by atoms with Crippen molar-refractivity contribution in [1.82, 2.24) is 0 Å². The largest absolute Gasteiger partial charge is 0.547 e. The van der Waals surface area contributed by atoms with Crippen LogP contribution < -0.4 is 14.6 Å². The fourth-order valence-corrected chi connectivity index (χ4v) is 2.40. The molecule has 0 radical (unpaired) electrons. The summed E-state index contributed by atoms with van der Waals surface area (Å²) < 4.78 is 16.0. The van der Waals surface area contributed by atoms with Crippen molar-refractivity contribution in [2.45, 2.75) is 26.4 Å². The number of hydrogen-bond acceptors (Lipinski definition) is 6. The smallest absolute Gasteiger partial charge is 0.339 e. The Morgan fingerprint density at radius 3 is 2.29 bits per heavy atom. The minimum atomic E-state index is -1.25. The number of aliphatic carboxylic acids is 1. The molecular formula is C21H25O7-. The highest BCUT2D eigenvalue weighted by Gasteiger charge is 2.10. The first kappa shape index (κ1) is 23.0. The molecule has 0 saturated carbocycles. The summed E-state index contributed by atoms with van der Waals surface area (Å²) in [6.45, 7) is 0.720. The molecule has 0 spiro atoms. The number of para-hydroxylation sites is 1. The van der Waals surface area contributed by atoms with E-state index in [-0.39, 0.29) is 19.4 Å². The second kappa shape index (κ2) is 11.6. The number of carbonyl (C=O) groups is 2. The minimum Gasteiger partial charge on any atom is -0.547 e. The molecule has 0 heterocycles. The zero-order chi connectivity index (χ0) is 19.6. The second-order valence-electron chi connectivity index (χ2n) is 5.74. The van der Waals surface area contributed by atoms with E-state index in [1.54, 1.807) is 42.5 Å². The second-order valence-corrected chi connectivity index (χ2v) is 5.74. The fraction of sp³-hybridized carbons (Fsp3) is 0.333. The number of ether oxygens (including phenoxy) is 3. The number of carboxylic acids is 2. The van der Waals surface area contributed by atoms with E-state index in [0.717, 1.165) is 5.56 Å². The lowest BCUT2D eigenvalue weighted by Gasteiger charge is -2.16. The average Bonchev–Trinajstić information content (AvgIpc) is 2.66. The van der Waals surface area contributed by atoms with E-state index in [1.165, 1.54) is 13.2 Å². The van der Waals surface area contributed by atoms with Gasteiger partial charge in [0, 0.05) is 20.0 Å². The number of hydrogen-bond donors (Lipinski definition) is 1. The van der Waals surface area contributed by atoms with E-state index in [2.05, 4.69) is 0 Å². The molecule has 0 aliphatic heterocycles. The molecule has 1 atom stereocenters. The molecule has 1 N–H and O–H groups in total. The van der Waals surface area contributed by atoms with Crippen molar-refractivity contribution in [2.75, 3.05) is 20.3 Å². The van der Waals surface area contributed by atoms with Gasteiger partial charge in [-0.15, -0.1) is 0 Å². The van der Waals surface area contributed by atoms with Gasteiger partial charge < -0.3 is 29.2 Å². The van der Waals surface area contributed by atoms with Crippen LogP contribution in [-0.4, -0.2) is 43.5 Å². The van der Waals surface area contributed by atoms with E-state index >= 15 is 0 Å². The van der Waals surface area contributed by atoms with E-state index in [0.29, 0.717) is 31.1 Å². The van der Waals surface area contributed by atoms with Gasteiger partial charge in [0.05, 0.1) is 19.2 Å². The van der Waals surface area contributed by atoms with Gasteiger partial charge in [0.1, 0.15) is 23.2 Å². The summed E-state index contributed by atoms with van der Waals surface area (Å²) in [4.78, 5) is 22.0. The quantitative estimate of drug-likeness (QED) is 0.587. The molecule has 28 heavy (non-hydrogen) atoms. The first-order valence-electron chi connectivity index (χ1n) is 8.41. The van der Waals surface area contributed by atoms with Gasteiger partial charge in [-0.3, -0.25) is 0 Å². The van der Waals surface area contributed by atoms with Crippen LogP contribution in [0.1, 0.15) is 29.8 Å². The zero-order valence-corrected chi connectivity index (χ0v) is 14.9. The molecule has 0 saturated heterocycles. The van der Waals surface area contributed by atoms with Crippen molar-refractivity contribution in [3.8, 4) is 11.5 Å². The van der Waals surface area contributed by atoms with E-state index in [9.17, 15) is 14.7 Å². The van der Waals surface area contributed by atoms with Crippen LogP contribution in [0.5, 0.6) is 11.5 Å². The highest BCUT2D eigenvalue weighted by Crippen LogP contribution is 2.18. The van der Waals surface area contributed by atoms with Crippen molar-refractivity contribution < 1.29 is 34.0 Å². The molecule has 0 aliphatic carbocycles. The minimum absolute atomic E-state index is 0. The molecule has 152 valence electrons. The van der Waals surface area contributed by atoms with Crippen LogP contribution in [0.25, 0.3) is 0 Å². The fourth-order valence-electron chi connectivity index (χ4n) is 2.40. The molecule has 0 fully saturated rings. The third kappa shape index (κ3) is 6.92. The van der Waals surface area contributed by atoms with Gasteiger partial charge in [0.15, 0.2) is 0 Å². The van der Waals surface area contributed by atoms with E-state index in [1.807, 2.05) is 0 Å². The van der Waals surface area contributed by atoms with Gasteiger partial charge in [0.25, 0.3) is 0 Å². The van der Waals surface area contributed by atoms with Crippen molar-refractivity contribution >= 4 is 11.9 Å². The SMILES string of the molecule is C.CO[C@@H](Cc1ccc(OCCCOc2ccccc2C(=O)O)cc1)C(=O)[O-]. The Labute approximate surface area is 164 Å². The standard InChI is InChI=1S/C20H22O7.CH4/c1-25-18(20(23)24)13-14-7-9-15(10-8-14)26-11-4-12-27-17-6-3-2-5-16(17)19(21)22;/h2-3,5-10,18H,4,11-13H2,1H3,(H,21,22)(H,23,24);1H4/p-1/t18-;/m0./s1. The molecule has 0 aromatic heterocycles. The van der Waals surface area contributed by atoms with E-state index < -0.39 is 18.0 Å². The van der Waals surface area contributed by atoms with Crippen molar-refractivity contribution in [3.63, 3.8) is 0 Å². The number of aromatic carboxylic acids is 1. The van der Waals surface area contributed by atoms with Crippen LogP contribution in [0.4, 0.5) is 0 Å². The number of rotatable bonds is 11. The Hall–Kier alpha value is -3.06. The lowest BCUT2D eigenvalue weighted by atomic mass is 10.1. The number of carboxylic acid groups (broad SMARTS) is 2. The summed E-state index contributed by atoms with van der Waals surface area (Å²) in [5.41, 5.74) is 0.923. The Morgan fingerprint density at radius 2 is 1.68 bits per heavy atom. The van der Waals surface area contributed by atoms with Gasteiger partial charge in [-0.05, 0) is 29.8 Å². The maximum atomic E-state index is 11.1. The molecule has 0 amide bonds. The Kier molecular flexibility index (Phi) is 9.53. The van der Waals surface area contributed by atoms with E-state index in [4.69, 9.17) is 19.3 Å². The van der Waals surface area contributed by atoms with Gasteiger partial charge in [-0.25, -0.2) is 4.79 Å². The summed E-state index contributed by atoms with van der Waals surface area (Å²) in [6, 6.07) is 13.5. The highest BCUT2D eigenvalue weighted by molar-refractivity contribution is 5.90. The molecule has 0 unspecified atom stereocenters. The van der Waals surface area contributed by atoms with Crippen LogP contribution in [-0.2, 0) is 16.0 Å². The molecular weight excluding hydrogens is 364 g/mol. The van der Waals surface area contributed by atoms with Crippen molar-refractivity contribution in [1.29, 1.82) is 0 Å². The maximum Gasteiger partial charge on any atom is 0.339 e. The van der Waals surface area contributed by atoms with Crippen molar-refractivity contribution in [3.05, 3.63) is 59.7 Å². The van der Waals surface area contributed by atoms with Crippen LogP contribution >= 0.6 is 0 Å². The summed E-state index contributed by atoms with van der Waals surface area (Å²) in [7, 11) is 1.33. The predicted octanol–water partition coefficient (Wildman–Crippen LogP) is 2.18. The summed E-state index contributed by atoms with van der Waals surface area (Å²) in [5.74, 6) is -1.30. The topological polar surface area (TPSA) is 105 Å². The van der Waals surface area contributed by atoms with Crippen LogP contribution in [0.3, 0.4) is 0 Å². The monoisotopic (exact) mass is 389 g/mol. The van der Waals surface area contributed by atoms with Gasteiger partial charge in [-0.2, -0.15) is 0 Å². The maximum absolute atomic E-state index is 11.1. The third-order valence-electron chi connectivity index (χ3n) is 3.82. The zero-order valence-electron chi connectivity index (χ0n) is 14.9. The van der Waals surface area contributed by atoms with Gasteiger partial charge in [0.2, 0.25) is 0 Å². The summed E-state index contributed by atoms with van der Waals surface area (Å²) >= 11 is 0. The first-order valence-corrected chi connectivity index (χ1v) is 8.41. The number of methoxy groups -OCH3 is 1. The number of carbonyl (C=O) groups excluding carboxylic acids is 1. The Bertz CT molecular complexity index is 756. The molecule has 2 aromatic rings. The van der Waals surface area contributed by atoms with Crippen molar-refractivity contribution in [2.24, 2.45) is 0 Å². The lowest BCUT2D eigenvalue weighted by Crippen LogP contribution is -2.38. The summed E-state index contributed by atoms with van der Waals surface area (Å²) in [5, 5.41) is 20.0. The van der Waals surface area contributed by atoms with Crippen LogP contribution in [0, 0.1) is 0 Å². The molecule has 7 nitrogen and oxygen atoms in total. The highest BCUT2D eigenvalue weighted by atomic mass is 16.5. The normalized spacial score (nSPS) is 11.2. The third-order valence-corrected chi connectivity index (χ3v) is 3.82.